The van der Waals surface area contributed by atoms with Crippen LogP contribution in [0.3, 0.4) is 0 Å². The van der Waals surface area contributed by atoms with Crippen molar-refractivity contribution >= 4 is 35.1 Å². The van der Waals surface area contributed by atoms with E-state index in [0.29, 0.717) is 32.6 Å². The standard InChI is InChI=1S/2C13H15ClN2O3/c1-12(2)8-13(3,15-16(12)18)19-11(17)9-6-4-5-7-10(9)14;1-12(2)8-13(3,16(18)15-12)19-11(17)9-6-4-5-7-10(9)14/h2*4-7H,8H2,1-3H3. The Morgan fingerprint density at radius 2 is 1.24 bits per heavy atom. The van der Waals surface area contributed by atoms with Crippen molar-refractivity contribution in [3.05, 3.63) is 80.1 Å². The fourth-order valence-electron chi connectivity index (χ4n) is 4.38. The molecule has 0 spiro atoms. The van der Waals surface area contributed by atoms with Gasteiger partial charge in [-0.1, -0.05) is 57.2 Å². The highest BCUT2D eigenvalue weighted by atomic mass is 35.5. The summed E-state index contributed by atoms with van der Waals surface area (Å²) in [6, 6.07) is 13.2. The number of halogens is 2. The van der Waals surface area contributed by atoms with E-state index in [1.54, 1.807) is 76.2 Å². The molecular formula is C26H30Cl2N4O6. The molecule has 204 valence electrons. The van der Waals surface area contributed by atoms with Crippen molar-refractivity contribution in [1.82, 2.24) is 0 Å². The molecule has 38 heavy (non-hydrogen) atoms. The van der Waals surface area contributed by atoms with Gasteiger partial charge in [-0.05, 0) is 43.2 Å². The van der Waals surface area contributed by atoms with Gasteiger partial charge in [0.1, 0.15) is 5.54 Å². The van der Waals surface area contributed by atoms with E-state index in [4.69, 9.17) is 32.7 Å². The van der Waals surface area contributed by atoms with E-state index in [0.717, 1.165) is 0 Å². The monoisotopic (exact) mass is 564 g/mol. The lowest BCUT2D eigenvalue weighted by atomic mass is 9.97. The van der Waals surface area contributed by atoms with E-state index in [9.17, 15) is 20.0 Å². The first kappa shape index (κ1) is 29.3. The maximum atomic E-state index is 12.1. The second-order valence-electron chi connectivity index (χ2n) is 10.8. The maximum Gasteiger partial charge on any atom is 0.344 e. The third-order valence-corrected chi connectivity index (χ3v) is 6.58. The summed E-state index contributed by atoms with van der Waals surface area (Å²) in [7, 11) is 0. The van der Waals surface area contributed by atoms with Gasteiger partial charge in [-0.25, -0.2) is 9.59 Å². The lowest BCUT2D eigenvalue weighted by Gasteiger charge is -2.21. The number of nitrogens with zero attached hydrogens (tertiary/aromatic N) is 4. The number of ether oxygens (including phenoxy) is 2. The van der Waals surface area contributed by atoms with Crippen LogP contribution in [-0.4, -0.2) is 44.2 Å². The molecule has 0 bridgehead atoms. The molecule has 10 nitrogen and oxygen atoms in total. The molecule has 12 heteroatoms. The molecule has 0 saturated heterocycles. The van der Waals surface area contributed by atoms with E-state index in [1.807, 2.05) is 13.8 Å². The summed E-state index contributed by atoms with van der Waals surface area (Å²) < 4.78 is 10.6. The molecule has 0 aromatic heterocycles. The van der Waals surface area contributed by atoms with Crippen LogP contribution in [0.15, 0.2) is 58.8 Å². The van der Waals surface area contributed by atoms with Crippen molar-refractivity contribution in [2.75, 3.05) is 0 Å². The summed E-state index contributed by atoms with van der Waals surface area (Å²) in [5.74, 6) is -1.20. The number of hydrogen-bond donors (Lipinski definition) is 0. The highest BCUT2D eigenvalue weighted by Crippen LogP contribution is 2.36. The van der Waals surface area contributed by atoms with Crippen LogP contribution in [0.1, 0.15) is 75.1 Å². The lowest BCUT2D eigenvalue weighted by molar-refractivity contribution is -0.637. The zero-order valence-corrected chi connectivity index (χ0v) is 23.5. The lowest BCUT2D eigenvalue weighted by Crippen LogP contribution is -2.39. The van der Waals surface area contributed by atoms with Gasteiger partial charge in [-0.3, -0.25) is 0 Å². The van der Waals surface area contributed by atoms with Gasteiger partial charge in [0.05, 0.1) is 34.0 Å². The summed E-state index contributed by atoms with van der Waals surface area (Å²) in [6.45, 7) is 10.3. The number of carbonyl (C=O) groups excluding carboxylic acids is 2. The Morgan fingerprint density at radius 3 is 1.63 bits per heavy atom. The van der Waals surface area contributed by atoms with Gasteiger partial charge in [-0.2, -0.15) is 0 Å². The molecule has 0 aliphatic carbocycles. The smallest absolute Gasteiger partial charge is 0.344 e. The van der Waals surface area contributed by atoms with E-state index in [1.165, 1.54) is 0 Å². The predicted octanol–water partition coefficient (Wildman–Crippen LogP) is 6.72. The first-order valence-corrected chi connectivity index (χ1v) is 12.6. The molecule has 2 aliphatic heterocycles. The summed E-state index contributed by atoms with van der Waals surface area (Å²) in [5.41, 5.74) is -3.17. The number of hydroxylamine groups is 2. The molecule has 0 fully saturated rings. The van der Waals surface area contributed by atoms with Crippen LogP contribution in [0.2, 0.25) is 10.0 Å². The molecule has 2 aliphatic rings. The summed E-state index contributed by atoms with van der Waals surface area (Å²) >= 11 is 11.9. The van der Waals surface area contributed by atoms with Gasteiger partial charge >= 0.3 is 17.7 Å². The van der Waals surface area contributed by atoms with Crippen LogP contribution in [-0.2, 0) is 9.47 Å². The minimum Gasteiger partial charge on any atom is -0.599 e. The minimum absolute atomic E-state index is 0.239. The number of azo groups is 2. The van der Waals surface area contributed by atoms with Crippen molar-refractivity contribution < 1.29 is 28.8 Å². The third-order valence-electron chi connectivity index (χ3n) is 5.92. The Bertz CT molecular complexity index is 1310. The minimum atomic E-state index is -1.29. The van der Waals surface area contributed by atoms with Crippen LogP contribution in [0.25, 0.3) is 0 Å². The zero-order chi connectivity index (χ0) is 28.5. The molecule has 4 rings (SSSR count). The Labute approximate surface area is 231 Å². The highest BCUT2D eigenvalue weighted by molar-refractivity contribution is 6.34. The molecule has 0 radical (unpaired) electrons. The molecule has 2 heterocycles. The van der Waals surface area contributed by atoms with E-state index >= 15 is 0 Å². The Hall–Kier alpha value is -3.24. The van der Waals surface area contributed by atoms with Crippen LogP contribution in [0.5, 0.6) is 0 Å². The zero-order valence-electron chi connectivity index (χ0n) is 22.0. The van der Waals surface area contributed by atoms with Crippen molar-refractivity contribution in [1.29, 1.82) is 0 Å². The van der Waals surface area contributed by atoms with E-state index < -0.39 is 34.5 Å². The average molecular weight is 565 g/mol. The molecule has 0 amide bonds. The van der Waals surface area contributed by atoms with Gasteiger partial charge in [-0.15, -0.1) is 0 Å². The summed E-state index contributed by atoms with van der Waals surface area (Å²) in [4.78, 5) is 25.2. The SMILES string of the molecule is CC1(C)CC(C)(OC(=O)c2ccccc2Cl)[N+]([O-])=N1.CC1(OC(=O)c2ccccc2Cl)CC(C)(C)[N+]([O-])=N1. The second kappa shape index (κ2) is 10.5. The number of carbonyl (C=O) groups is 2. The van der Waals surface area contributed by atoms with Crippen LogP contribution >= 0.6 is 23.2 Å². The third kappa shape index (κ3) is 6.60. The Balaban J connectivity index is 0.000000211. The fourth-order valence-corrected chi connectivity index (χ4v) is 4.81. The largest absolute Gasteiger partial charge is 0.599 e. The van der Waals surface area contributed by atoms with Crippen LogP contribution in [0, 0.1) is 10.4 Å². The van der Waals surface area contributed by atoms with Crippen molar-refractivity contribution in [3.63, 3.8) is 0 Å². The van der Waals surface area contributed by atoms with Gasteiger partial charge in [0.2, 0.25) is 0 Å². The van der Waals surface area contributed by atoms with Crippen LogP contribution < -0.4 is 0 Å². The Morgan fingerprint density at radius 1 is 0.763 bits per heavy atom. The molecule has 2 aromatic carbocycles. The number of rotatable bonds is 4. The molecule has 2 atom stereocenters. The number of hydrogen-bond acceptors (Lipinski definition) is 8. The topological polar surface area (TPSA) is 129 Å². The predicted molar refractivity (Wildman–Crippen MR) is 140 cm³/mol. The normalized spacial score (nSPS) is 24.9. The highest BCUT2D eigenvalue weighted by Gasteiger charge is 2.52. The quantitative estimate of drug-likeness (QED) is 0.230. The number of benzene rings is 2. The van der Waals surface area contributed by atoms with Crippen molar-refractivity contribution in [2.24, 2.45) is 10.2 Å². The van der Waals surface area contributed by atoms with Gasteiger partial charge in [0.25, 0.3) is 5.72 Å². The summed E-state index contributed by atoms with van der Waals surface area (Å²) in [5, 5.41) is 31.8. The second-order valence-corrected chi connectivity index (χ2v) is 11.6. The molecular weight excluding hydrogens is 535 g/mol. The molecule has 0 N–H and O–H groups in total. The van der Waals surface area contributed by atoms with E-state index in [2.05, 4.69) is 10.2 Å². The van der Waals surface area contributed by atoms with Gasteiger partial charge in [0.15, 0.2) is 5.54 Å². The molecule has 0 saturated carbocycles. The fraction of sp³-hybridized carbons (Fsp3) is 0.462. The average Bonchev–Trinajstić information content (AvgIpc) is 3.12. The first-order chi connectivity index (χ1) is 17.5. The van der Waals surface area contributed by atoms with Gasteiger partial charge < -0.3 is 19.9 Å². The maximum absolute atomic E-state index is 12.1. The van der Waals surface area contributed by atoms with Gasteiger partial charge in [0, 0.05) is 32.8 Å². The van der Waals surface area contributed by atoms with E-state index in [-0.39, 0.29) is 11.1 Å². The van der Waals surface area contributed by atoms with Crippen LogP contribution in [0.4, 0.5) is 0 Å². The van der Waals surface area contributed by atoms with Crippen molar-refractivity contribution in [3.8, 4) is 0 Å². The molecule has 2 aromatic rings. The first-order valence-electron chi connectivity index (χ1n) is 11.8. The van der Waals surface area contributed by atoms with Crippen molar-refractivity contribution in [2.45, 2.75) is 76.9 Å². The summed E-state index contributed by atoms with van der Waals surface area (Å²) in [6.07, 6.45) is 0.666. The molecule has 2 unspecified atom stereocenters. The number of esters is 2. The Kier molecular flexibility index (Phi) is 8.10.